The highest BCUT2D eigenvalue weighted by atomic mass is 32.1. The van der Waals surface area contributed by atoms with Crippen LogP contribution in [0.25, 0.3) is 0 Å². The van der Waals surface area contributed by atoms with Crippen LogP contribution >= 0.6 is 12.2 Å². The van der Waals surface area contributed by atoms with Gasteiger partial charge in [-0.25, -0.2) is 4.98 Å². The summed E-state index contributed by atoms with van der Waals surface area (Å²) in [7, 11) is 2.81. The number of rotatable bonds is 3. The van der Waals surface area contributed by atoms with E-state index in [0.29, 0.717) is 12.8 Å². The van der Waals surface area contributed by atoms with Gasteiger partial charge < -0.3 is 10.1 Å². The van der Waals surface area contributed by atoms with Crippen LogP contribution in [-0.2, 0) is 16.4 Å². The Labute approximate surface area is 148 Å². The van der Waals surface area contributed by atoms with E-state index in [1.807, 2.05) is 6.92 Å². The van der Waals surface area contributed by atoms with Crippen LogP contribution in [0.15, 0.2) is 12.1 Å². The molecule has 1 amide bonds. The predicted molar refractivity (Wildman–Crippen MR) is 88.8 cm³/mol. The Bertz CT molecular complexity index is 675. The number of hydrazine groups is 1. The van der Waals surface area contributed by atoms with Gasteiger partial charge in [-0.3, -0.25) is 15.6 Å². The molecule has 1 aromatic heterocycles. The van der Waals surface area contributed by atoms with Crippen molar-refractivity contribution in [3.8, 4) is 5.88 Å². The maximum atomic E-state index is 13.1. The predicted octanol–water partition coefficient (Wildman–Crippen LogP) is 1.90. The minimum Gasteiger partial charge on any atom is -0.481 e. The summed E-state index contributed by atoms with van der Waals surface area (Å²) in [4.78, 5) is 16.1. The summed E-state index contributed by atoms with van der Waals surface area (Å²) in [5.74, 6) is -0.435. The van der Waals surface area contributed by atoms with E-state index in [0.717, 1.165) is 6.07 Å². The monoisotopic (exact) mass is 376 g/mol. The van der Waals surface area contributed by atoms with Gasteiger partial charge in [0, 0.05) is 13.1 Å². The largest absolute Gasteiger partial charge is 0.481 e. The van der Waals surface area contributed by atoms with Gasteiger partial charge in [0.2, 0.25) is 11.8 Å². The number of pyridine rings is 1. The maximum Gasteiger partial charge on any atom is 0.433 e. The fourth-order valence-electron chi connectivity index (χ4n) is 3.01. The van der Waals surface area contributed by atoms with Crippen LogP contribution in [0.4, 0.5) is 13.2 Å². The minimum atomic E-state index is -4.64. The van der Waals surface area contributed by atoms with E-state index in [9.17, 15) is 18.0 Å². The lowest BCUT2D eigenvalue weighted by atomic mass is 9.58. The van der Waals surface area contributed by atoms with E-state index in [1.54, 1.807) is 7.05 Å². The number of nitrogens with zero attached hydrogens (tertiary/aromatic N) is 1. The lowest BCUT2D eigenvalue weighted by Crippen LogP contribution is -2.57. The molecule has 0 unspecified atom stereocenters. The highest BCUT2D eigenvalue weighted by molar-refractivity contribution is 7.80. The van der Waals surface area contributed by atoms with Crippen molar-refractivity contribution in [1.29, 1.82) is 0 Å². The van der Waals surface area contributed by atoms with Gasteiger partial charge in [-0.2, -0.15) is 13.2 Å². The van der Waals surface area contributed by atoms with Crippen LogP contribution in [0.3, 0.4) is 0 Å². The van der Waals surface area contributed by atoms with E-state index >= 15 is 0 Å². The first-order valence-corrected chi connectivity index (χ1v) is 7.95. The number of amides is 1. The number of carbonyl (C=O) groups is 1. The first kappa shape index (κ1) is 19.2. The molecule has 0 saturated heterocycles. The number of aromatic nitrogens is 1. The van der Waals surface area contributed by atoms with Crippen molar-refractivity contribution in [2.75, 3.05) is 14.2 Å². The SMILES string of the molecule is CNC(=S)NNC(=O)C1(c2cc(OC)nc(C(F)(F)F)c2)CC(C)C1. The van der Waals surface area contributed by atoms with E-state index in [4.69, 9.17) is 17.0 Å². The van der Waals surface area contributed by atoms with E-state index in [2.05, 4.69) is 21.2 Å². The molecule has 1 heterocycles. The number of alkyl halides is 3. The van der Waals surface area contributed by atoms with Crippen LogP contribution < -0.4 is 20.9 Å². The first-order valence-electron chi connectivity index (χ1n) is 7.54. The third-order valence-electron chi connectivity index (χ3n) is 4.20. The third-order valence-corrected chi connectivity index (χ3v) is 4.51. The van der Waals surface area contributed by atoms with Crippen LogP contribution in [0, 0.1) is 5.92 Å². The van der Waals surface area contributed by atoms with Crippen LogP contribution in [0.1, 0.15) is 31.0 Å². The van der Waals surface area contributed by atoms with E-state index in [-0.39, 0.29) is 22.5 Å². The number of nitrogens with one attached hydrogen (secondary N) is 3. The zero-order valence-corrected chi connectivity index (χ0v) is 14.8. The maximum absolute atomic E-state index is 13.1. The molecule has 1 fully saturated rings. The molecular formula is C15H19F3N4O2S. The fraction of sp³-hybridized carbons (Fsp3) is 0.533. The summed E-state index contributed by atoms with van der Waals surface area (Å²) in [6.45, 7) is 1.93. The Morgan fingerprint density at radius 1 is 1.36 bits per heavy atom. The molecule has 10 heteroatoms. The highest BCUT2D eigenvalue weighted by Crippen LogP contribution is 2.49. The first-order chi connectivity index (χ1) is 11.6. The molecule has 1 aliphatic carbocycles. The summed E-state index contributed by atoms with van der Waals surface area (Å²) in [5, 5.41) is 2.82. The molecule has 0 spiro atoms. The number of hydrogen-bond acceptors (Lipinski definition) is 4. The zero-order valence-electron chi connectivity index (χ0n) is 14.0. The Morgan fingerprint density at radius 3 is 2.48 bits per heavy atom. The molecule has 1 aromatic rings. The average Bonchev–Trinajstić information content (AvgIpc) is 2.54. The summed E-state index contributed by atoms with van der Waals surface area (Å²) in [6.07, 6.45) is -3.81. The number of hydrogen-bond donors (Lipinski definition) is 3. The number of carbonyl (C=O) groups excluding carboxylic acids is 1. The molecular weight excluding hydrogens is 357 g/mol. The number of halogens is 3. The smallest absolute Gasteiger partial charge is 0.433 e. The van der Waals surface area contributed by atoms with Crippen molar-refractivity contribution >= 4 is 23.2 Å². The zero-order chi connectivity index (χ0) is 18.8. The molecule has 3 N–H and O–H groups in total. The van der Waals surface area contributed by atoms with Gasteiger partial charge >= 0.3 is 6.18 Å². The quantitative estimate of drug-likeness (QED) is 0.553. The Morgan fingerprint density at radius 2 is 2.00 bits per heavy atom. The number of methoxy groups -OCH3 is 1. The van der Waals surface area contributed by atoms with Crippen molar-refractivity contribution in [1.82, 2.24) is 21.2 Å². The summed E-state index contributed by atoms with van der Waals surface area (Å²) >= 11 is 4.88. The molecule has 0 radical (unpaired) electrons. The van der Waals surface area contributed by atoms with Gasteiger partial charge in [-0.1, -0.05) is 6.92 Å². The van der Waals surface area contributed by atoms with Crippen molar-refractivity contribution in [3.63, 3.8) is 0 Å². The van der Waals surface area contributed by atoms with Crippen molar-refractivity contribution in [2.45, 2.75) is 31.4 Å². The molecule has 1 aliphatic rings. The number of ether oxygens (including phenoxy) is 1. The van der Waals surface area contributed by atoms with Crippen molar-refractivity contribution in [3.05, 3.63) is 23.4 Å². The Balaban J connectivity index is 2.39. The fourth-order valence-corrected chi connectivity index (χ4v) is 3.06. The molecule has 0 aliphatic heterocycles. The van der Waals surface area contributed by atoms with Gasteiger partial charge in [-0.15, -0.1) is 0 Å². The third kappa shape index (κ3) is 3.94. The van der Waals surface area contributed by atoms with Gasteiger partial charge in [0.15, 0.2) is 5.11 Å². The van der Waals surface area contributed by atoms with E-state index < -0.39 is 23.2 Å². The Kier molecular flexibility index (Phi) is 5.40. The minimum absolute atomic E-state index is 0.185. The van der Waals surface area contributed by atoms with Crippen LogP contribution in [0.2, 0.25) is 0 Å². The second kappa shape index (κ2) is 7.03. The van der Waals surface area contributed by atoms with Crippen LogP contribution in [0.5, 0.6) is 5.88 Å². The molecule has 25 heavy (non-hydrogen) atoms. The van der Waals surface area contributed by atoms with Crippen LogP contribution in [-0.4, -0.2) is 30.2 Å². The normalized spacial score (nSPS) is 22.6. The molecule has 0 aromatic carbocycles. The standard InChI is InChI=1S/C15H19F3N4O2S/c1-8-6-14(7-8,12(23)21-22-13(25)19-2)9-4-10(15(16,17)18)20-11(5-9)24-3/h4-5,8H,6-7H2,1-3H3,(H,21,23)(H2,19,22,25). The van der Waals surface area contributed by atoms with Crippen molar-refractivity contribution < 1.29 is 22.7 Å². The summed E-state index contributed by atoms with van der Waals surface area (Å²) in [5.41, 5.74) is 3.01. The molecule has 138 valence electrons. The molecule has 0 bridgehead atoms. The highest BCUT2D eigenvalue weighted by Gasteiger charge is 2.51. The van der Waals surface area contributed by atoms with Gasteiger partial charge in [0.25, 0.3) is 0 Å². The topological polar surface area (TPSA) is 75.3 Å². The van der Waals surface area contributed by atoms with Gasteiger partial charge in [-0.05, 0) is 42.6 Å². The second-order valence-corrected chi connectivity index (χ2v) is 6.44. The lowest BCUT2D eigenvalue weighted by Gasteiger charge is -2.45. The summed E-state index contributed by atoms with van der Waals surface area (Å²) < 4.78 is 44.2. The van der Waals surface area contributed by atoms with Gasteiger partial charge in [0.05, 0.1) is 12.5 Å². The molecule has 1 saturated carbocycles. The lowest BCUT2D eigenvalue weighted by molar-refractivity contribution is -0.142. The second-order valence-electron chi connectivity index (χ2n) is 6.03. The molecule has 2 rings (SSSR count). The molecule has 0 atom stereocenters. The molecule has 6 nitrogen and oxygen atoms in total. The Hall–Kier alpha value is -2.10. The summed E-state index contributed by atoms with van der Waals surface area (Å²) in [6, 6.07) is 2.28. The number of thiocarbonyl (C=S) groups is 1. The van der Waals surface area contributed by atoms with Crippen molar-refractivity contribution in [2.24, 2.45) is 5.92 Å². The van der Waals surface area contributed by atoms with Gasteiger partial charge in [0.1, 0.15) is 5.69 Å². The van der Waals surface area contributed by atoms with E-state index in [1.165, 1.54) is 13.2 Å². The average molecular weight is 376 g/mol.